The maximum absolute atomic E-state index is 12.3. The Hall–Kier alpha value is -1.11. The van der Waals surface area contributed by atoms with Gasteiger partial charge in [-0.2, -0.15) is 0 Å². The molecule has 0 radical (unpaired) electrons. The van der Waals surface area contributed by atoms with E-state index in [1.807, 2.05) is 0 Å². The smallest absolute Gasteiger partial charge is 0.240 e. The minimum absolute atomic E-state index is 0.283. The van der Waals surface area contributed by atoms with Crippen LogP contribution in [0.15, 0.2) is 23.1 Å². The molecule has 1 saturated heterocycles. The number of piperidine rings is 1. The largest absolute Gasteiger partial charge is 0.399 e. The standard InChI is InChI=1S/C15H25N3O2S/c1-12-3-4-14(16)11-15(12)21(19,20)17-8-5-13-6-9-18(2)10-7-13/h3-4,11,13,17H,5-10,16H2,1-2H3. The Morgan fingerprint density at radius 1 is 1.33 bits per heavy atom. The molecular weight excluding hydrogens is 286 g/mol. The van der Waals surface area contributed by atoms with Crippen LogP contribution in [0.25, 0.3) is 0 Å². The van der Waals surface area contributed by atoms with Crippen molar-refractivity contribution in [2.75, 3.05) is 32.4 Å². The number of sulfonamides is 1. The Morgan fingerprint density at radius 3 is 2.67 bits per heavy atom. The van der Waals surface area contributed by atoms with E-state index in [1.54, 1.807) is 19.1 Å². The predicted molar refractivity (Wildman–Crippen MR) is 85.6 cm³/mol. The van der Waals surface area contributed by atoms with E-state index in [-0.39, 0.29) is 4.90 Å². The summed E-state index contributed by atoms with van der Waals surface area (Å²) in [7, 11) is -1.34. The van der Waals surface area contributed by atoms with E-state index in [2.05, 4.69) is 16.7 Å². The van der Waals surface area contributed by atoms with Crippen LogP contribution in [0.2, 0.25) is 0 Å². The van der Waals surface area contributed by atoms with Gasteiger partial charge in [0, 0.05) is 12.2 Å². The molecule has 0 bridgehead atoms. The molecule has 1 fully saturated rings. The van der Waals surface area contributed by atoms with Crippen LogP contribution in [0, 0.1) is 12.8 Å². The second-order valence-corrected chi connectivity index (χ2v) is 7.69. The Balaban J connectivity index is 1.91. The molecule has 0 amide bonds. The zero-order chi connectivity index (χ0) is 15.5. The highest BCUT2D eigenvalue weighted by Gasteiger charge is 2.19. The second-order valence-electron chi connectivity index (χ2n) is 5.96. The summed E-state index contributed by atoms with van der Waals surface area (Å²) in [5.74, 6) is 0.617. The van der Waals surface area contributed by atoms with Gasteiger partial charge in [-0.1, -0.05) is 6.07 Å². The van der Waals surface area contributed by atoms with E-state index in [1.165, 1.54) is 6.07 Å². The number of nitrogens with two attached hydrogens (primary N) is 1. The van der Waals surface area contributed by atoms with Crippen molar-refractivity contribution in [1.82, 2.24) is 9.62 Å². The molecule has 0 aromatic heterocycles. The van der Waals surface area contributed by atoms with Crippen LogP contribution in [0.4, 0.5) is 5.69 Å². The third kappa shape index (κ3) is 4.43. The first-order chi connectivity index (χ1) is 9.88. The number of hydrogen-bond acceptors (Lipinski definition) is 4. The van der Waals surface area contributed by atoms with Gasteiger partial charge in [-0.3, -0.25) is 0 Å². The molecule has 0 aliphatic carbocycles. The van der Waals surface area contributed by atoms with Gasteiger partial charge in [-0.15, -0.1) is 0 Å². The summed E-state index contributed by atoms with van der Waals surface area (Å²) in [6.45, 7) is 4.48. The number of anilines is 1. The lowest BCUT2D eigenvalue weighted by Crippen LogP contribution is -2.32. The van der Waals surface area contributed by atoms with Crippen molar-refractivity contribution in [1.29, 1.82) is 0 Å². The van der Waals surface area contributed by atoms with E-state index in [9.17, 15) is 8.42 Å². The average Bonchev–Trinajstić information content (AvgIpc) is 2.43. The van der Waals surface area contributed by atoms with Gasteiger partial charge in [-0.25, -0.2) is 13.1 Å². The van der Waals surface area contributed by atoms with Crippen LogP contribution >= 0.6 is 0 Å². The molecule has 1 aromatic rings. The van der Waals surface area contributed by atoms with Crippen molar-refractivity contribution < 1.29 is 8.42 Å². The SMILES string of the molecule is Cc1ccc(N)cc1S(=O)(=O)NCCC1CCN(C)CC1. The number of nitrogens with zero attached hydrogens (tertiary/aromatic N) is 1. The predicted octanol–water partition coefficient (Wildman–Crippen LogP) is 1.59. The minimum atomic E-state index is -3.47. The van der Waals surface area contributed by atoms with E-state index in [4.69, 9.17) is 5.73 Å². The van der Waals surface area contributed by atoms with Gasteiger partial charge in [0.2, 0.25) is 10.0 Å². The molecule has 1 heterocycles. The van der Waals surface area contributed by atoms with E-state index in [0.29, 0.717) is 18.2 Å². The zero-order valence-electron chi connectivity index (χ0n) is 12.8. The maximum Gasteiger partial charge on any atom is 0.240 e. The molecule has 1 aromatic carbocycles. The summed E-state index contributed by atoms with van der Waals surface area (Å²) < 4.78 is 27.4. The fourth-order valence-corrected chi connectivity index (χ4v) is 4.06. The Bertz CT molecular complexity index is 579. The molecule has 1 aliphatic rings. The van der Waals surface area contributed by atoms with Gasteiger partial charge in [-0.05, 0) is 69.9 Å². The maximum atomic E-state index is 12.3. The topological polar surface area (TPSA) is 75.4 Å². The molecule has 0 spiro atoms. The molecule has 0 atom stereocenters. The molecular formula is C15H25N3O2S. The second kappa shape index (κ2) is 6.77. The summed E-state index contributed by atoms with van der Waals surface area (Å²) >= 11 is 0. The van der Waals surface area contributed by atoms with Gasteiger partial charge < -0.3 is 10.6 Å². The van der Waals surface area contributed by atoms with Gasteiger partial charge in [0.15, 0.2) is 0 Å². The first-order valence-corrected chi connectivity index (χ1v) is 8.91. The molecule has 3 N–H and O–H groups in total. The van der Waals surface area contributed by atoms with Crippen molar-refractivity contribution in [3.05, 3.63) is 23.8 Å². The highest BCUT2D eigenvalue weighted by molar-refractivity contribution is 7.89. The zero-order valence-corrected chi connectivity index (χ0v) is 13.6. The lowest BCUT2D eigenvalue weighted by atomic mass is 9.94. The Labute approximate surface area is 127 Å². The highest BCUT2D eigenvalue weighted by Crippen LogP contribution is 2.20. The van der Waals surface area contributed by atoms with E-state index >= 15 is 0 Å². The number of rotatable bonds is 5. The third-order valence-corrected chi connectivity index (χ3v) is 5.79. The van der Waals surface area contributed by atoms with Crippen LogP contribution in [0.1, 0.15) is 24.8 Å². The number of likely N-dealkylation sites (tertiary alicyclic amines) is 1. The van der Waals surface area contributed by atoms with Gasteiger partial charge >= 0.3 is 0 Å². The van der Waals surface area contributed by atoms with Crippen molar-refractivity contribution in [3.8, 4) is 0 Å². The summed E-state index contributed by atoms with van der Waals surface area (Å²) in [4.78, 5) is 2.60. The molecule has 118 valence electrons. The normalized spacial score (nSPS) is 18.0. The molecule has 6 heteroatoms. The number of benzene rings is 1. The Morgan fingerprint density at radius 2 is 2.00 bits per heavy atom. The number of nitrogens with one attached hydrogen (secondary N) is 1. The minimum Gasteiger partial charge on any atom is -0.399 e. The monoisotopic (exact) mass is 311 g/mol. The lowest BCUT2D eigenvalue weighted by molar-refractivity contribution is 0.213. The summed E-state index contributed by atoms with van der Waals surface area (Å²) in [6.07, 6.45) is 3.19. The van der Waals surface area contributed by atoms with Crippen molar-refractivity contribution in [2.45, 2.75) is 31.1 Å². The van der Waals surface area contributed by atoms with Crippen LogP contribution < -0.4 is 10.5 Å². The number of nitrogen functional groups attached to an aromatic ring is 1. The molecule has 5 nitrogen and oxygen atoms in total. The number of hydrogen-bond donors (Lipinski definition) is 2. The summed E-state index contributed by atoms with van der Waals surface area (Å²) in [5.41, 5.74) is 6.87. The van der Waals surface area contributed by atoms with Crippen molar-refractivity contribution >= 4 is 15.7 Å². The van der Waals surface area contributed by atoms with Crippen LogP contribution in [0.5, 0.6) is 0 Å². The van der Waals surface area contributed by atoms with Gasteiger partial charge in [0.05, 0.1) is 4.90 Å². The lowest BCUT2D eigenvalue weighted by Gasteiger charge is -2.28. The van der Waals surface area contributed by atoms with Gasteiger partial charge in [0.1, 0.15) is 0 Å². The van der Waals surface area contributed by atoms with E-state index < -0.39 is 10.0 Å². The van der Waals surface area contributed by atoms with Crippen LogP contribution in [-0.4, -0.2) is 40.0 Å². The molecule has 21 heavy (non-hydrogen) atoms. The quantitative estimate of drug-likeness (QED) is 0.810. The van der Waals surface area contributed by atoms with E-state index in [0.717, 1.165) is 37.9 Å². The first-order valence-electron chi connectivity index (χ1n) is 7.43. The highest BCUT2D eigenvalue weighted by atomic mass is 32.2. The fourth-order valence-electron chi connectivity index (χ4n) is 2.73. The van der Waals surface area contributed by atoms with Crippen LogP contribution in [-0.2, 0) is 10.0 Å². The Kier molecular flexibility index (Phi) is 5.24. The molecule has 2 rings (SSSR count). The first kappa shape index (κ1) is 16.3. The fraction of sp³-hybridized carbons (Fsp3) is 0.600. The summed E-state index contributed by atoms with van der Waals surface area (Å²) in [6, 6.07) is 4.97. The summed E-state index contributed by atoms with van der Waals surface area (Å²) in [5, 5.41) is 0. The van der Waals surface area contributed by atoms with Crippen LogP contribution in [0.3, 0.4) is 0 Å². The van der Waals surface area contributed by atoms with Gasteiger partial charge in [0.25, 0.3) is 0 Å². The third-order valence-electron chi connectivity index (χ3n) is 4.18. The van der Waals surface area contributed by atoms with Crippen molar-refractivity contribution in [3.63, 3.8) is 0 Å². The average molecular weight is 311 g/mol. The molecule has 0 unspecified atom stereocenters. The van der Waals surface area contributed by atoms with Crippen molar-refractivity contribution in [2.24, 2.45) is 5.92 Å². The molecule has 0 saturated carbocycles. The molecule has 1 aliphatic heterocycles. The number of aryl methyl sites for hydroxylation is 1.